The van der Waals surface area contributed by atoms with Crippen molar-refractivity contribution in [1.29, 1.82) is 0 Å². The average molecular weight is 244 g/mol. The third-order valence-electron chi connectivity index (χ3n) is 2.91. The number of hydrogen-bond acceptors (Lipinski definition) is 3. The third kappa shape index (κ3) is 6.03. The summed E-state index contributed by atoms with van der Waals surface area (Å²) in [5.41, 5.74) is 0. The van der Waals surface area contributed by atoms with Crippen molar-refractivity contribution in [3.63, 3.8) is 0 Å². The Morgan fingerprint density at radius 3 is 2.12 bits per heavy atom. The molecule has 0 bridgehead atoms. The highest BCUT2D eigenvalue weighted by Crippen LogP contribution is 2.06. The second kappa shape index (κ2) is 8.48. The molecule has 0 aliphatic heterocycles. The van der Waals surface area contributed by atoms with Crippen molar-refractivity contribution in [2.45, 2.75) is 53.1 Å². The fourth-order valence-electron chi connectivity index (χ4n) is 2.00. The number of carbonyl (C=O) groups excluding carboxylic acids is 1. The van der Waals surface area contributed by atoms with Crippen molar-refractivity contribution in [2.24, 2.45) is 5.92 Å². The van der Waals surface area contributed by atoms with Gasteiger partial charge in [0.25, 0.3) is 0 Å². The summed E-state index contributed by atoms with van der Waals surface area (Å²) in [6, 6.07) is -0.227. The number of aliphatic hydroxyl groups excluding tert-OH is 1. The third-order valence-corrected chi connectivity index (χ3v) is 2.91. The van der Waals surface area contributed by atoms with Gasteiger partial charge in [-0.2, -0.15) is 0 Å². The Morgan fingerprint density at radius 1 is 1.24 bits per heavy atom. The van der Waals surface area contributed by atoms with Crippen LogP contribution in [0.5, 0.6) is 0 Å². The van der Waals surface area contributed by atoms with E-state index in [0.717, 1.165) is 19.5 Å². The number of rotatable bonds is 8. The van der Waals surface area contributed by atoms with E-state index < -0.39 is 0 Å². The van der Waals surface area contributed by atoms with E-state index >= 15 is 0 Å². The zero-order valence-electron chi connectivity index (χ0n) is 11.9. The summed E-state index contributed by atoms with van der Waals surface area (Å²) in [7, 11) is 0. The predicted molar refractivity (Wildman–Crippen MR) is 70.9 cm³/mol. The molecular weight excluding hydrogens is 216 g/mol. The van der Waals surface area contributed by atoms with E-state index in [9.17, 15) is 9.90 Å². The summed E-state index contributed by atoms with van der Waals surface area (Å²) < 4.78 is 0. The highest BCUT2D eigenvalue weighted by atomic mass is 16.3. The van der Waals surface area contributed by atoms with Gasteiger partial charge in [0.2, 0.25) is 5.91 Å². The molecule has 0 radical (unpaired) electrons. The normalized spacial score (nSPS) is 14.8. The minimum absolute atomic E-state index is 0.00418. The SMILES string of the molecule is CCN(CC)C(=O)C(C)NC(CO)CC(C)C. The van der Waals surface area contributed by atoms with E-state index in [4.69, 9.17) is 0 Å². The lowest BCUT2D eigenvalue weighted by Gasteiger charge is -2.27. The quantitative estimate of drug-likeness (QED) is 0.675. The van der Waals surface area contributed by atoms with E-state index in [1.54, 1.807) is 0 Å². The van der Waals surface area contributed by atoms with Gasteiger partial charge < -0.3 is 15.3 Å². The topological polar surface area (TPSA) is 52.6 Å². The predicted octanol–water partition coefficient (Wildman–Crippen LogP) is 1.24. The lowest BCUT2D eigenvalue weighted by molar-refractivity contribution is -0.132. The molecule has 1 amide bonds. The second-order valence-electron chi connectivity index (χ2n) is 4.91. The molecule has 0 rings (SSSR count). The summed E-state index contributed by atoms with van der Waals surface area (Å²) in [4.78, 5) is 13.8. The lowest BCUT2D eigenvalue weighted by Crippen LogP contribution is -2.49. The molecule has 0 aliphatic carbocycles. The summed E-state index contributed by atoms with van der Waals surface area (Å²) in [6.07, 6.45) is 0.881. The number of hydrogen-bond donors (Lipinski definition) is 2. The molecule has 0 aromatic heterocycles. The average Bonchev–Trinajstić information content (AvgIpc) is 2.28. The highest BCUT2D eigenvalue weighted by Gasteiger charge is 2.21. The van der Waals surface area contributed by atoms with Gasteiger partial charge in [-0.1, -0.05) is 13.8 Å². The fraction of sp³-hybridized carbons (Fsp3) is 0.923. The summed E-state index contributed by atoms with van der Waals surface area (Å²) in [5, 5.41) is 12.5. The Labute approximate surface area is 105 Å². The van der Waals surface area contributed by atoms with Crippen LogP contribution in [0.25, 0.3) is 0 Å². The maximum atomic E-state index is 12.0. The zero-order valence-corrected chi connectivity index (χ0v) is 11.9. The number of aliphatic hydroxyl groups is 1. The van der Waals surface area contributed by atoms with Gasteiger partial charge in [-0.25, -0.2) is 0 Å². The number of likely N-dealkylation sites (N-methyl/N-ethyl adjacent to an activating group) is 1. The van der Waals surface area contributed by atoms with E-state index in [1.165, 1.54) is 0 Å². The molecule has 0 aromatic carbocycles. The van der Waals surface area contributed by atoms with Crippen LogP contribution in [0.3, 0.4) is 0 Å². The Balaban J connectivity index is 4.29. The number of nitrogens with one attached hydrogen (secondary N) is 1. The van der Waals surface area contributed by atoms with Gasteiger partial charge >= 0.3 is 0 Å². The van der Waals surface area contributed by atoms with Crippen LogP contribution in [0.4, 0.5) is 0 Å². The van der Waals surface area contributed by atoms with Crippen LogP contribution in [0.1, 0.15) is 41.0 Å². The molecule has 2 unspecified atom stereocenters. The fourth-order valence-corrected chi connectivity index (χ4v) is 2.00. The van der Waals surface area contributed by atoms with Crippen molar-refractivity contribution < 1.29 is 9.90 Å². The van der Waals surface area contributed by atoms with E-state index in [1.807, 2.05) is 25.7 Å². The molecule has 4 heteroatoms. The first kappa shape index (κ1) is 16.4. The number of amides is 1. The lowest BCUT2D eigenvalue weighted by atomic mass is 10.0. The van der Waals surface area contributed by atoms with Crippen LogP contribution >= 0.6 is 0 Å². The van der Waals surface area contributed by atoms with Crippen molar-refractivity contribution in [3.8, 4) is 0 Å². The van der Waals surface area contributed by atoms with Crippen LogP contribution in [0.15, 0.2) is 0 Å². The first-order valence-corrected chi connectivity index (χ1v) is 6.61. The van der Waals surface area contributed by atoms with Crippen LogP contribution in [0.2, 0.25) is 0 Å². The largest absolute Gasteiger partial charge is 0.395 e. The molecule has 17 heavy (non-hydrogen) atoms. The van der Waals surface area contributed by atoms with E-state index in [-0.39, 0.29) is 24.6 Å². The van der Waals surface area contributed by atoms with Gasteiger partial charge in [-0.15, -0.1) is 0 Å². The monoisotopic (exact) mass is 244 g/mol. The molecule has 2 N–H and O–H groups in total. The second-order valence-corrected chi connectivity index (χ2v) is 4.91. The number of nitrogens with zero attached hydrogens (tertiary/aromatic N) is 1. The van der Waals surface area contributed by atoms with Crippen LogP contribution in [-0.2, 0) is 4.79 Å². The summed E-state index contributed by atoms with van der Waals surface area (Å²) >= 11 is 0. The van der Waals surface area contributed by atoms with Gasteiger partial charge in [0.1, 0.15) is 0 Å². The van der Waals surface area contributed by atoms with Crippen molar-refractivity contribution in [3.05, 3.63) is 0 Å². The smallest absolute Gasteiger partial charge is 0.239 e. The molecule has 0 saturated carbocycles. The van der Waals surface area contributed by atoms with Gasteiger partial charge in [0.05, 0.1) is 12.6 Å². The minimum atomic E-state index is -0.231. The maximum Gasteiger partial charge on any atom is 0.239 e. The standard InChI is InChI=1S/C13H28N2O2/c1-6-15(7-2)13(17)11(5)14-12(9-16)8-10(3)4/h10-12,14,16H,6-9H2,1-5H3. The summed E-state index contributed by atoms with van der Waals surface area (Å²) in [5.74, 6) is 0.618. The highest BCUT2D eigenvalue weighted by molar-refractivity contribution is 5.81. The van der Waals surface area contributed by atoms with Gasteiger partial charge in [0.15, 0.2) is 0 Å². The van der Waals surface area contributed by atoms with Gasteiger partial charge in [0, 0.05) is 19.1 Å². The van der Waals surface area contributed by atoms with Crippen LogP contribution in [-0.4, -0.2) is 47.7 Å². The van der Waals surface area contributed by atoms with Crippen molar-refractivity contribution in [2.75, 3.05) is 19.7 Å². The summed E-state index contributed by atoms with van der Waals surface area (Å²) in [6.45, 7) is 11.6. The molecule has 4 nitrogen and oxygen atoms in total. The maximum absolute atomic E-state index is 12.0. The van der Waals surface area contributed by atoms with Crippen LogP contribution < -0.4 is 5.32 Å². The Morgan fingerprint density at radius 2 is 1.76 bits per heavy atom. The van der Waals surface area contributed by atoms with Gasteiger partial charge in [-0.05, 0) is 33.1 Å². The Bertz CT molecular complexity index is 215. The van der Waals surface area contributed by atoms with Crippen LogP contribution in [0, 0.1) is 5.92 Å². The first-order chi connectivity index (χ1) is 7.96. The number of carbonyl (C=O) groups is 1. The first-order valence-electron chi connectivity index (χ1n) is 6.61. The molecule has 0 aromatic rings. The molecule has 0 saturated heterocycles. The van der Waals surface area contributed by atoms with Gasteiger partial charge in [-0.3, -0.25) is 4.79 Å². The molecule has 0 fully saturated rings. The van der Waals surface area contributed by atoms with E-state index in [0.29, 0.717) is 5.92 Å². The zero-order chi connectivity index (χ0) is 13.4. The molecule has 0 heterocycles. The van der Waals surface area contributed by atoms with Crippen molar-refractivity contribution in [1.82, 2.24) is 10.2 Å². The molecule has 102 valence electrons. The molecular formula is C13H28N2O2. The molecule has 0 spiro atoms. The minimum Gasteiger partial charge on any atom is -0.395 e. The molecule has 0 aliphatic rings. The Hall–Kier alpha value is -0.610. The van der Waals surface area contributed by atoms with E-state index in [2.05, 4.69) is 19.2 Å². The Kier molecular flexibility index (Phi) is 8.17. The van der Waals surface area contributed by atoms with Crippen molar-refractivity contribution >= 4 is 5.91 Å². The molecule has 2 atom stereocenters.